The van der Waals surface area contributed by atoms with Crippen LogP contribution < -0.4 is 10.6 Å². The number of amides is 1. The van der Waals surface area contributed by atoms with Gasteiger partial charge in [0.2, 0.25) is 0 Å². The van der Waals surface area contributed by atoms with Crippen molar-refractivity contribution in [2.45, 2.75) is 65.3 Å². The maximum atomic E-state index is 12.2. The van der Waals surface area contributed by atoms with Crippen molar-refractivity contribution >= 4 is 11.7 Å². The fourth-order valence-electron chi connectivity index (χ4n) is 2.66. The first-order valence-corrected chi connectivity index (χ1v) is 8.43. The molecule has 0 unspecified atom stereocenters. The van der Waals surface area contributed by atoms with E-state index in [0.29, 0.717) is 17.3 Å². The highest BCUT2D eigenvalue weighted by molar-refractivity contribution is 5.93. The van der Waals surface area contributed by atoms with Crippen LogP contribution in [0.5, 0.6) is 0 Å². The molecule has 1 aliphatic rings. The summed E-state index contributed by atoms with van der Waals surface area (Å²) in [4.78, 5) is 20.9. The zero-order valence-electron chi connectivity index (χ0n) is 14.7. The van der Waals surface area contributed by atoms with E-state index in [2.05, 4.69) is 26.7 Å². The number of hydrogen-bond donors (Lipinski definition) is 2. The van der Waals surface area contributed by atoms with E-state index in [1.807, 2.05) is 27.7 Å². The van der Waals surface area contributed by atoms with Gasteiger partial charge in [0.1, 0.15) is 17.3 Å². The molecule has 1 amide bonds. The third-order valence-electron chi connectivity index (χ3n) is 3.70. The molecule has 0 radical (unpaired) electrons. The number of allylic oxidation sites excluding steroid dienone is 1. The van der Waals surface area contributed by atoms with Crippen LogP contribution in [-0.2, 0) is 0 Å². The van der Waals surface area contributed by atoms with Gasteiger partial charge in [-0.2, -0.15) is 0 Å². The highest BCUT2D eigenvalue weighted by atomic mass is 16.2. The molecule has 0 fully saturated rings. The van der Waals surface area contributed by atoms with Crippen LogP contribution in [0.4, 0.5) is 5.82 Å². The molecule has 0 spiro atoms. The number of aryl methyl sites for hydroxylation is 1. The van der Waals surface area contributed by atoms with Gasteiger partial charge >= 0.3 is 0 Å². The molecule has 0 saturated heterocycles. The number of anilines is 1. The fraction of sp³-hybridized carbons (Fsp3) is 0.611. The predicted octanol–water partition coefficient (Wildman–Crippen LogP) is 3.62. The Kier molecular flexibility index (Phi) is 5.74. The quantitative estimate of drug-likeness (QED) is 0.814. The molecule has 1 heterocycles. The third kappa shape index (κ3) is 6.00. The average molecular weight is 316 g/mol. The first-order chi connectivity index (χ1) is 10.8. The topological polar surface area (TPSA) is 66.9 Å². The normalized spacial score (nSPS) is 15.0. The Balaban J connectivity index is 1.96. The van der Waals surface area contributed by atoms with Gasteiger partial charge in [0.25, 0.3) is 5.91 Å². The predicted molar refractivity (Wildman–Crippen MR) is 93.6 cm³/mol. The molecule has 1 aliphatic carbocycles. The number of carbonyl (C=O) groups is 1. The summed E-state index contributed by atoms with van der Waals surface area (Å²) in [6, 6.07) is 1.73. The number of hydrogen-bond acceptors (Lipinski definition) is 4. The lowest BCUT2D eigenvalue weighted by Gasteiger charge is -2.20. The molecule has 2 N–H and O–H groups in total. The molecule has 0 saturated carbocycles. The van der Waals surface area contributed by atoms with Gasteiger partial charge in [0, 0.05) is 18.2 Å². The minimum absolute atomic E-state index is 0.166. The van der Waals surface area contributed by atoms with Crippen molar-refractivity contribution in [3.05, 3.63) is 29.2 Å². The van der Waals surface area contributed by atoms with Gasteiger partial charge in [-0.15, -0.1) is 0 Å². The zero-order valence-corrected chi connectivity index (χ0v) is 14.7. The lowest BCUT2D eigenvalue weighted by atomic mass is 9.97. The van der Waals surface area contributed by atoms with Gasteiger partial charge in [-0.05, 0) is 59.8 Å². The number of rotatable bonds is 5. The fourth-order valence-corrected chi connectivity index (χ4v) is 2.66. The first kappa shape index (κ1) is 17.4. The van der Waals surface area contributed by atoms with Crippen molar-refractivity contribution in [1.29, 1.82) is 0 Å². The van der Waals surface area contributed by atoms with E-state index in [1.54, 1.807) is 6.07 Å². The van der Waals surface area contributed by atoms with Crippen LogP contribution in [0, 0.1) is 6.92 Å². The van der Waals surface area contributed by atoms with Crippen LogP contribution in [-0.4, -0.2) is 28.0 Å². The van der Waals surface area contributed by atoms with Crippen LogP contribution in [0.2, 0.25) is 0 Å². The maximum absolute atomic E-state index is 12.2. The molecule has 2 rings (SSSR count). The Morgan fingerprint density at radius 1 is 1.26 bits per heavy atom. The van der Waals surface area contributed by atoms with Gasteiger partial charge < -0.3 is 10.6 Å². The Hall–Kier alpha value is -1.91. The van der Waals surface area contributed by atoms with Crippen molar-refractivity contribution in [2.24, 2.45) is 0 Å². The Morgan fingerprint density at radius 2 is 2.04 bits per heavy atom. The second-order valence-corrected chi connectivity index (χ2v) is 7.17. The summed E-state index contributed by atoms with van der Waals surface area (Å²) in [5, 5.41) is 6.25. The van der Waals surface area contributed by atoms with Crippen molar-refractivity contribution in [1.82, 2.24) is 15.3 Å². The Morgan fingerprint density at radius 3 is 2.70 bits per heavy atom. The van der Waals surface area contributed by atoms with Crippen LogP contribution in [0.25, 0.3) is 0 Å². The lowest BCUT2D eigenvalue weighted by Crippen LogP contribution is -2.41. The molecule has 0 aliphatic heterocycles. The van der Waals surface area contributed by atoms with Crippen molar-refractivity contribution in [3.63, 3.8) is 0 Å². The number of nitrogens with zero attached hydrogens (tertiary/aromatic N) is 2. The highest BCUT2D eigenvalue weighted by Gasteiger charge is 2.17. The van der Waals surface area contributed by atoms with Crippen LogP contribution in [0.1, 0.15) is 69.2 Å². The van der Waals surface area contributed by atoms with Crippen LogP contribution in [0.15, 0.2) is 17.7 Å². The zero-order chi connectivity index (χ0) is 16.9. The summed E-state index contributed by atoms with van der Waals surface area (Å²) >= 11 is 0. The van der Waals surface area contributed by atoms with Crippen LogP contribution >= 0.6 is 0 Å². The first-order valence-electron chi connectivity index (χ1n) is 8.43. The number of carbonyl (C=O) groups excluding carboxylic acids is 1. The van der Waals surface area contributed by atoms with Gasteiger partial charge in [-0.1, -0.05) is 11.6 Å². The summed E-state index contributed by atoms with van der Waals surface area (Å²) in [5.74, 6) is 1.15. The van der Waals surface area contributed by atoms with E-state index in [-0.39, 0.29) is 11.4 Å². The molecule has 5 nitrogen and oxygen atoms in total. The van der Waals surface area contributed by atoms with E-state index < -0.39 is 0 Å². The van der Waals surface area contributed by atoms with Crippen molar-refractivity contribution in [3.8, 4) is 0 Å². The minimum atomic E-state index is -0.281. The van der Waals surface area contributed by atoms with E-state index in [9.17, 15) is 4.79 Å². The monoisotopic (exact) mass is 316 g/mol. The molecular weight excluding hydrogens is 288 g/mol. The molecule has 0 bridgehead atoms. The summed E-state index contributed by atoms with van der Waals surface area (Å²) in [6.07, 6.45) is 8.43. The Labute approximate surface area is 139 Å². The maximum Gasteiger partial charge on any atom is 0.270 e. The van der Waals surface area contributed by atoms with Gasteiger partial charge in [0.05, 0.1) is 0 Å². The van der Waals surface area contributed by atoms with Crippen molar-refractivity contribution in [2.75, 3.05) is 11.9 Å². The Bertz CT molecular complexity index is 587. The van der Waals surface area contributed by atoms with Gasteiger partial charge in [0.15, 0.2) is 0 Å². The summed E-state index contributed by atoms with van der Waals surface area (Å²) in [5.41, 5.74) is 1.66. The molecule has 0 aromatic carbocycles. The van der Waals surface area contributed by atoms with Gasteiger partial charge in [-0.3, -0.25) is 4.79 Å². The standard InChI is InChI=1S/C18H28N4O/c1-13-20-15(17(23)22-18(2,3)4)12-16(21-13)19-11-10-14-8-6-5-7-9-14/h8,12H,5-7,9-11H2,1-4H3,(H,22,23)(H,19,20,21). The highest BCUT2D eigenvalue weighted by Crippen LogP contribution is 2.20. The molecule has 1 aromatic rings. The minimum Gasteiger partial charge on any atom is -0.370 e. The van der Waals surface area contributed by atoms with Crippen molar-refractivity contribution < 1.29 is 4.79 Å². The smallest absolute Gasteiger partial charge is 0.270 e. The molecule has 5 heteroatoms. The lowest BCUT2D eigenvalue weighted by molar-refractivity contribution is 0.0914. The molecule has 126 valence electrons. The molecular formula is C18H28N4O. The van der Waals surface area contributed by atoms with E-state index in [4.69, 9.17) is 0 Å². The van der Waals surface area contributed by atoms with Gasteiger partial charge in [-0.25, -0.2) is 9.97 Å². The molecule has 1 aromatic heterocycles. The molecule has 23 heavy (non-hydrogen) atoms. The summed E-state index contributed by atoms with van der Waals surface area (Å²) in [7, 11) is 0. The second kappa shape index (κ2) is 7.57. The van der Waals surface area contributed by atoms with E-state index in [0.717, 1.165) is 13.0 Å². The molecule has 0 atom stereocenters. The van der Waals surface area contributed by atoms with E-state index >= 15 is 0 Å². The number of nitrogens with one attached hydrogen (secondary N) is 2. The van der Waals surface area contributed by atoms with E-state index in [1.165, 1.54) is 31.3 Å². The third-order valence-corrected chi connectivity index (χ3v) is 3.70. The largest absolute Gasteiger partial charge is 0.370 e. The summed E-state index contributed by atoms with van der Waals surface area (Å²) < 4.78 is 0. The average Bonchev–Trinajstić information content (AvgIpc) is 2.46. The van der Waals surface area contributed by atoms with Crippen LogP contribution in [0.3, 0.4) is 0 Å². The SMILES string of the molecule is Cc1nc(NCCC2=CCCCC2)cc(C(=O)NC(C)(C)C)n1. The summed E-state index contributed by atoms with van der Waals surface area (Å²) in [6.45, 7) is 8.51. The second-order valence-electron chi connectivity index (χ2n) is 7.17. The number of aromatic nitrogens is 2.